The molecular weight excluding hydrogens is 190 g/mol. The lowest BCUT2D eigenvalue weighted by molar-refractivity contribution is 0.474. The van der Waals surface area contributed by atoms with Crippen LogP contribution in [0.3, 0.4) is 0 Å². The number of hydrogen-bond donors (Lipinski definition) is 1. The Balaban J connectivity index is 2.06. The topological polar surface area (TPSA) is 46.3 Å². The van der Waals surface area contributed by atoms with Crippen LogP contribution in [-0.2, 0) is 0 Å². The Morgan fingerprint density at radius 3 is 2.93 bits per heavy atom. The van der Waals surface area contributed by atoms with Crippen molar-refractivity contribution in [3.8, 4) is 5.75 Å². The molecule has 3 heteroatoms. The average Bonchev–Trinajstić information content (AvgIpc) is 2.53. The number of phenols is 1. The van der Waals surface area contributed by atoms with E-state index in [2.05, 4.69) is 4.98 Å². The van der Waals surface area contributed by atoms with Gasteiger partial charge in [-0.2, -0.15) is 0 Å². The highest BCUT2D eigenvalue weighted by Crippen LogP contribution is 2.28. The molecule has 1 N–H and O–H groups in total. The molecule has 2 aromatic rings. The van der Waals surface area contributed by atoms with E-state index >= 15 is 0 Å². The lowest BCUT2D eigenvalue weighted by atomic mass is 9.92. The van der Waals surface area contributed by atoms with Crippen molar-refractivity contribution >= 4 is 17.2 Å². The van der Waals surface area contributed by atoms with Crippen molar-refractivity contribution in [2.45, 2.75) is 19.3 Å². The van der Waals surface area contributed by atoms with E-state index in [-0.39, 0.29) is 5.75 Å². The zero-order valence-corrected chi connectivity index (χ0v) is 8.23. The van der Waals surface area contributed by atoms with E-state index in [4.69, 9.17) is 4.42 Å². The highest BCUT2D eigenvalue weighted by molar-refractivity contribution is 5.75. The standard InChI is InChI=1S/C12H11NO2/c14-9-4-5-10-11(7-9)15-12(13-10)6-8-2-1-3-8/h4-7,14H,1-3H2. The maximum atomic E-state index is 9.28. The van der Waals surface area contributed by atoms with Gasteiger partial charge in [0.15, 0.2) is 5.58 Å². The Labute approximate surface area is 87.1 Å². The van der Waals surface area contributed by atoms with Crippen molar-refractivity contribution in [2.75, 3.05) is 0 Å². The summed E-state index contributed by atoms with van der Waals surface area (Å²) in [6.07, 6.45) is 5.58. The molecule has 0 amide bonds. The van der Waals surface area contributed by atoms with Gasteiger partial charge in [0.05, 0.1) is 0 Å². The Kier molecular flexibility index (Phi) is 1.78. The van der Waals surface area contributed by atoms with E-state index in [1.807, 2.05) is 6.08 Å². The second-order valence-corrected chi connectivity index (χ2v) is 3.86. The largest absolute Gasteiger partial charge is 0.508 e. The van der Waals surface area contributed by atoms with Gasteiger partial charge in [-0.25, -0.2) is 4.98 Å². The third kappa shape index (κ3) is 1.50. The Bertz CT molecular complexity index is 534. The summed E-state index contributed by atoms with van der Waals surface area (Å²) in [7, 11) is 0. The minimum Gasteiger partial charge on any atom is -0.508 e. The van der Waals surface area contributed by atoms with Crippen LogP contribution in [0.4, 0.5) is 0 Å². The highest BCUT2D eigenvalue weighted by atomic mass is 16.3. The number of allylic oxidation sites excluding steroid dienone is 1. The lowest BCUT2D eigenvalue weighted by Gasteiger charge is -2.14. The van der Waals surface area contributed by atoms with Gasteiger partial charge >= 0.3 is 0 Å². The summed E-state index contributed by atoms with van der Waals surface area (Å²) in [6, 6.07) is 4.97. The van der Waals surface area contributed by atoms with Crippen molar-refractivity contribution < 1.29 is 9.52 Å². The van der Waals surface area contributed by atoms with E-state index in [0.29, 0.717) is 11.5 Å². The maximum Gasteiger partial charge on any atom is 0.219 e. The Hall–Kier alpha value is -1.77. The van der Waals surface area contributed by atoms with Gasteiger partial charge in [0.1, 0.15) is 11.3 Å². The number of nitrogens with zero attached hydrogens (tertiary/aromatic N) is 1. The minimum absolute atomic E-state index is 0.210. The lowest BCUT2D eigenvalue weighted by Crippen LogP contribution is -1.95. The van der Waals surface area contributed by atoms with E-state index in [1.54, 1.807) is 18.2 Å². The first kappa shape index (κ1) is 8.53. The van der Waals surface area contributed by atoms with Crippen LogP contribution in [0.25, 0.3) is 17.2 Å². The number of aromatic hydroxyl groups is 1. The smallest absolute Gasteiger partial charge is 0.219 e. The van der Waals surface area contributed by atoms with Crippen molar-refractivity contribution in [2.24, 2.45) is 0 Å². The second-order valence-electron chi connectivity index (χ2n) is 3.86. The molecule has 1 aromatic heterocycles. The number of fused-ring (bicyclic) bond motifs is 1. The van der Waals surface area contributed by atoms with Gasteiger partial charge in [0.25, 0.3) is 0 Å². The molecular formula is C12H11NO2. The number of benzene rings is 1. The van der Waals surface area contributed by atoms with Gasteiger partial charge in [-0.1, -0.05) is 5.57 Å². The first-order valence-corrected chi connectivity index (χ1v) is 5.10. The Morgan fingerprint density at radius 1 is 1.33 bits per heavy atom. The van der Waals surface area contributed by atoms with Crippen LogP contribution in [0.15, 0.2) is 28.2 Å². The summed E-state index contributed by atoms with van der Waals surface area (Å²) in [5.74, 6) is 0.854. The van der Waals surface area contributed by atoms with Crippen molar-refractivity contribution in [1.29, 1.82) is 0 Å². The molecule has 0 spiro atoms. The van der Waals surface area contributed by atoms with Gasteiger partial charge in [-0.15, -0.1) is 0 Å². The van der Waals surface area contributed by atoms with Crippen LogP contribution in [0.2, 0.25) is 0 Å². The number of hydrogen-bond acceptors (Lipinski definition) is 3. The monoisotopic (exact) mass is 201 g/mol. The SMILES string of the molecule is Oc1ccc2nc(C=C3CCC3)oc2c1. The molecule has 0 aliphatic heterocycles. The molecule has 3 rings (SSSR count). The van der Waals surface area contributed by atoms with Crippen LogP contribution in [-0.4, -0.2) is 10.1 Å². The number of rotatable bonds is 1. The molecule has 1 saturated carbocycles. The molecule has 0 radical (unpaired) electrons. The highest BCUT2D eigenvalue weighted by Gasteiger charge is 2.10. The number of phenolic OH excluding ortho intramolecular Hbond substituents is 1. The number of aromatic nitrogens is 1. The zero-order valence-electron chi connectivity index (χ0n) is 8.23. The molecule has 3 nitrogen and oxygen atoms in total. The predicted molar refractivity (Wildman–Crippen MR) is 57.5 cm³/mol. The van der Waals surface area contributed by atoms with E-state index in [0.717, 1.165) is 18.4 Å². The zero-order chi connectivity index (χ0) is 10.3. The van der Waals surface area contributed by atoms with Crippen molar-refractivity contribution in [3.05, 3.63) is 29.7 Å². The van der Waals surface area contributed by atoms with Crippen LogP contribution in [0.5, 0.6) is 5.75 Å². The number of oxazole rings is 1. The Morgan fingerprint density at radius 2 is 2.20 bits per heavy atom. The summed E-state index contributed by atoms with van der Waals surface area (Å²) in [6.45, 7) is 0. The van der Waals surface area contributed by atoms with Crippen LogP contribution in [0.1, 0.15) is 25.2 Å². The van der Waals surface area contributed by atoms with Gasteiger partial charge in [-0.3, -0.25) is 0 Å². The summed E-state index contributed by atoms with van der Waals surface area (Å²) >= 11 is 0. The minimum atomic E-state index is 0.210. The molecule has 1 aromatic carbocycles. The molecule has 0 saturated heterocycles. The molecule has 1 aliphatic carbocycles. The summed E-state index contributed by atoms with van der Waals surface area (Å²) in [5.41, 5.74) is 2.82. The molecule has 1 aliphatic rings. The molecule has 0 atom stereocenters. The molecule has 76 valence electrons. The van der Waals surface area contributed by atoms with Crippen molar-refractivity contribution in [3.63, 3.8) is 0 Å². The van der Waals surface area contributed by atoms with Crippen LogP contribution in [0, 0.1) is 0 Å². The third-order valence-corrected chi connectivity index (χ3v) is 2.71. The van der Waals surface area contributed by atoms with Gasteiger partial charge in [0.2, 0.25) is 5.89 Å². The van der Waals surface area contributed by atoms with Gasteiger partial charge in [0, 0.05) is 6.07 Å². The normalized spacial score (nSPS) is 15.3. The van der Waals surface area contributed by atoms with Gasteiger partial charge < -0.3 is 9.52 Å². The molecule has 15 heavy (non-hydrogen) atoms. The molecule has 0 unspecified atom stereocenters. The van der Waals surface area contributed by atoms with E-state index in [9.17, 15) is 5.11 Å². The fraction of sp³-hybridized carbons (Fsp3) is 0.250. The quantitative estimate of drug-likeness (QED) is 0.771. The summed E-state index contributed by atoms with van der Waals surface area (Å²) < 4.78 is 5.51. The first-order chi connectivity index (χ1) is 7.31. The summed E-state index contributed by atoms with van der Waals surface area (Å²) in [5, 5.41) is 9.28. The average molecular weight is 201 g/mol. The first-order valence-electron chi connectivity index (χ1n) is 5.10. The third-order valence-electron chi connectivity index (χ3n) is 2.71. The van der Waals surface area contributed by atoms with Crippen LogP contribution < -0.4 is 0 Å². The molecule has 1 fully saturated rings. The summed E-state index contributed by atoms with van der Waals surface area (Å²) in [4.78, 5) is 4.32. The predicted octanol–water partition coefficient (Wildman–Crippen LogP) is 3.10. The van der Waals surface area contributed by atoms with E-state index < -0.39 is 0 Å². The van der Waals surface area contributed by atoms with Crippen molar-refractivity contribution in [1.82, 2.24) is 4.98 Å². The second kappa shape index (κ2) is 3.12. The van der Waals surface area contributed by atoms with E-state index in [1.165, 1.54) is 12.0 Å². The maximum absolute atomic E-state index is 9.28. The fourth-order valence-electron chi connectivity index (χ4n) is 1.69. The molecule has 1 heterocycles. The molecule has 0 bridgehead atoms. The fourth-order valence-corrected chi connectivity index (χ4v) is 1.69. The van der Waals surface area contributed by atoms with Gasteiger partial charge in [-0.05, 0) is 37.5 Å². The van der Waals surface area contributed by atoms with Crippen LogP contribution >= 0.6 is 0 Å².